The third kappa shape index (κ3) is 7.45. The maximum absolute atomic E-state index is 13.8. The molecule has 0 unspecified atom stereocenters. The van der Waals surface area contributed by atoms with Crippen molar-refractivity contribution >= 4 is 29.9 Å². The molecule has 2 heterocycles. The summed E-state index contributed by atoms with van der Waals surface area (Å²) < 4.78 is 6.24. The largest absolute Gasteiger partial charge is 0.487 e. The van der Waals surface area contributed by atoms with E-state index in [1.165, 1.54) is 12.3 Å². The molecule has 3 amide bonds. The molecule has 4 N–H and O–H groups in total. The van der Waals surface area contributed by atoms with E-state index in [1.807, 2.05) is 56.3 Å². The van der Waals surface area contributed by atoms with Gasteiger partial charge in [0.25, 0.3) is 0 Å². The van der Waals surface area contributed by atoms with Gasteiger partial charge in [-0.1, -0.05) is 86.6 Å². The first-order chi connectivity index (χ1) is 19.3. The highest BCUT2D eigenvalue weighted by Gasteiger charge is 2.38. The van der Waals surface area contributed by atoms with Crippen molar-refractivity contribution in [3.8, 4) is 5.75 Å². The predicted molar refractivity (Wildman–Crippen MR) is 154 cm³/mol. The van der Waals surface area contributed by atoms with Crippen LogP contribution >= 0.6 is 0 Å². The monoisotopic (exact) mass is 539 g/mol. The smallest absolute Gasteiger partial charge is 0.249 e. The molecule has 0 radical (unpaired) electrons. The predicted octanol–water partition coefficient (Wildman–Crippen LogP) is 3.61. The Hall–Kier alpha value is -4.69. The number of hydrogen-bond acceptors (Lipinski definition) is 5. The molecule has 0 saturated carbocycles. The van der Waals surface area contributed by atoms with Gasteiger partial charge >= 0.3 is 0 Å². The summed E-state index contributed by atoms with van der Waals surface area (Å²) in [5.41, 5.74) is 2.08. The van der Waals surface area contributed by atoms with Crippen LogP contribution in [-0.4, -0.2) is 41.0 Å². The lowest BCUT2D eigenvalue weighted by molar-refractivity contribution is -0.135. The van der Waals surface area contributed by atoms with Gasteiger partial charge in [0.15, 0.2) is 0 Å². The first kappa shape index (κ1) is 28.3. The fourth-order valence-electron chi connectivity index (χ4n) is 4.32. The van der Waals surface area contributed by atoms with E-state index in [1.54, 1.807) is 54.6 Å². The van der Waals surface area contributed by atoms with Crippen LogP contribution in [0.15, 0.2) is 97.2 Å². The Bertz CT molecular complexity index is 1350. The Labute approximate surface area is 233 Å². The average molecular weight is 540 g/mol. The zero-order valence-corrected chi connectivity index (χ0v) is 22.4. The molecule has 0 aliphatic carbocycles. The Kier molecular flexibility index (Phi) is 9.48. The maximum atomic E-state index is 13.8. The molecule has 8 heteroatoms. The van der Waals surface area contributed by atoms with Crippen LogP contribution in [0.4, 0.5) is 0 Å². The molecule has 3 aromatic carbocycles. The minimum absolute atomic E-state index is 0.215. The number of nitrogens with one attached hydrogen (secondary N) is 3. The molecular formula is C32H33N3O5. The second-order valence-corrected chi connectivity index (χ2v) is 9.81. The molecule has 3 aromatic rings. The fourth-order valence-corrected chi connectivity index (χ4v) is 4.32. The third-order valence-corrected chi connectivity index (χ3v) is 6.48. The van der Waals surface area contributed by atoms with Crippen LogP contribution in [0.3, 0.4) is 0 Å². The van der Waals surface area contributed by atoms with Gasteiger partial charge in [-0.15, -0.1) is 0 Å². The lowest BCUT2D eigenvalue weighted by Gasteiger charge is -2.32. The van der Waals surface area contributed by atoms with Crippen LogP contribution < -0.4 is 20.7 Å². The topological polar surface area (TPSA) is 117 Å². The van der Waals surface area contributed by atoms with Gasteiger partial charge in [-0.05, 0) is 46.9 Å². The van der Waals surface area contributed by atoms with Crippen LogP contribution in [0.5, 0.6) is 5.75 Å². The SMILES string of the molecule is CC(C)[C@H]1Oc2ccc(cc2)/C=C\NC(=O)[C@H]([C@@H](O)c2ccccc2)NC(=O)[C@@H]1NC(=O)/C=C/c1ccccc1. The zero-order chi connectivity index (χ0) is 28.5. The minimum Gasteiger partial charge on any atom is -0.487 e. The molecular weight excluding hydrogens is 506 g/mol. The number of ether oxygens (including phenoxy) is 1. The van der Waals surface area contributed by atoms with Gasteiger partial charge in [0.1, 0.15) is 30.0 Å². The summed E-state index contributed by atoms with van der Waals surface area (Å²) in [5, 5.41) is 19.2. The van der Waals surface area contributed by atoms with Gasteiger partial charge in [0, 0.05) is 12.3 Å². The minimum atomic E-state index is -1.35. The summed E-state index contributed by atoms with van der Waals surface area (Å²) in [7, 11) is 0. The number of aliphatic hydroxyl groups excluding tert-OH is 1. The number of benzene rings is 3. The Morgan fingerprint density at radius 3 is 2.23 bits per heavy atom. The van der Waals surface area contributed by atoms with Gasteiger partial charge in [-0.2, -0.15) is 0 Å². The molecule has 0 aromatic heterocycles. The molecule has 2 bridgehead atoms. The van der Waals surface area contributed by atoms with Crippen LogP contribution in [-0.2, 0) is 14.4 Å². The van der Waals surface area contributed by atoms with E-state index >= 15 is 0 Å². The van der Waals surface area contributed by atoms with Crippen LogP contribution in [0.25, 0.3) is 12.2 Å². The summed E-state index contributed by atoms with van der Waals surface area (Å²) in [6.45, 7) is 3.75. The first-order valence-electron chi connectivity index (χ1n) is 13.1. The second-order valence-electron chi connectivity index (χ2n) is 9.81. The lowest BCUT2D eigenvalue weighted by atomic mass is 9.96. The first-order valence-corrected chi connectivity index (χ1v) is 13.1. The number of hydrogen-bond donors (Lipinski definition) is 4. The van der Waals surface area contributed by atoms with E-state index in [4.69, 9.17) is 4.74 Å². The highest BCUT2D eigenvalue weighted by atomic mass is 16.5. The Morgan fingerprint density at radius 1 is 0.925 bits per heavy atom. The molecule has 0 fully saturated rings. The number of rotatable bonds is 6. The molecule has 206 valence electrons. The average Bonchev–Trinajstić information content (AvgIpc) is 2.97. The van der Waals surface area contributed by atoms with Crippen molar-refractivity contribution in [2.45, 2.75) is 38.1 Å². The number of aliphatic hydroxyl groups is 1. The van der Waals surface area contributed by atoms with Crippen molar-refractivity contribution in [3.63, 3.8) is 0 Å². The number of carbonyl (C=O) groups is 3. The Balaban J connectivity index is 1.69. The molecule has 0 saturated heterocycles. The number of carbonyl (C=O) groups excluding carboxylic acids is 3. The van der Waals surface area contributed by atoms with Crippen molar-refractivity contribution in [1.29, 1.82) is 0 Å². The molecule has 5 rings (SSSR count). The summed E-state index contributed by atoms with van der Waals surface area (Å²) in [4.78, 5) is 40.1. The normalized spacial score (nSPS) is 21.1. The van der Waals surface area contributed by atoms with Gasteiger partial charge in [-0.25, -0.2) is 0 Å². The number of amides is 3. The molecule has 2 aliphatic rings. The van der Waals surface area contributed by atoms with Gasteiger partial charge in [0.2, 0.25) is 17.7 Å². The van der Waals surface area contributed by atoms with Crippen molar-refractivity contribution in [3.05, 3.63) is 114 Å². The summed E-state index contributed by atoms with van der Waals surface area (Å²) in [6, 6.07) is 22.5. The lowest BCUT2D eigenvalue weighted by Crippen LogP contribution is -2.60. The number of fused-ring (bicyclic) bond motifs is 10. The maximum Gasteiger partial charge on any atom is 0.249 e. The summed E-state index contributed by atoms with van der Waals surface area (Å²) in [6.07, 6.45) is 3.98. The second kappa shape index (κ2) is 13.4. The summed E-state index contributed by atoms with van der Waals surface area (Å²) in [5.74, 6) is -1.50. The van der Waals surface area contributed by atoms with Crippen LogP contribution in [0.1, 0.15) is 36.6 Å². The summed E-state index contributed by atoms with van der Waals surface area (Å²) >= 11 is 0. The molecule has 4 atom stereocenters. The van der Waals surface area contributed by atoms with E-state index in [9.17, 15) is 19.5 Å². The molecule has 2 aliphatic heterocycles. The van der Waals surface area contributed by atoms with Crippen LogP contribution in [0, 0.1) is 5.92 Å². The van der Waals surface area contributed by atoms with Gasteiger partial charge in [0.05, 0.1) is 0 Å². The van der Waals surface area contributed by atoms with Crippen molar-refractivity contribution in [2.75, 3.05) is 0 Å². The van der Waals surface area contributed by atoms with Gasteiger partial charge < -0.3 is 25.8 Å². The van der Waals surface area contributed by atoms with E-state index in [0.717, 1.165) is 11.1 Å². The highest BCUT2D eigenvalue weighted by molar-refractivity contribution is 5.97. The fraction of sp³-hybridized carbons (Fsp3) is 0.219. The van der Waals surface area contributed by atoms with E-state index in [0.29, 0.717) is 11.3 Å². The van der Waals surface area contributed by atoms with Crippen molar-refractivity contribution in [2.24, 2.45) is 5.92 Å². The zero-order valence-electron chi connectivity index (χ0n) is 22.4. The standard InChI is InChI=1S/C32H33N3O5/c1-21(2)30-28(34-26(36)18-15-22-9-5-3-6-10-22)32(39)35-27(29(37)24-11-7-4-8-12-24)31(38)33-20-19-23-13-16-25(40-30)17-14-23/h3-21,27-30,37H,1-2H3,(H,33,38)(H,34,36)(H,35,39)/b18-15+,20-19-/t27-,28+,29-,30+/m0/s1. The highest BCUT2D eigenvalue weighted by Crippen LogP contribution is 2.22. The molecule has 0 spiro atoms. The Morgan fingerprint density at radius 2 is 1.57 bits per heavy atom. The van der Waals surface area contributed by atoms with Crippen LogP contribution in [0.2, 0.25) is 0 Å². The van der Waals surface area contributed by atoms with Crippen molar-refractivity contribution < 1.29 is 24.2 Å². The van der Waals surface area contributed by atoms with Gasteiger partial charge in [-0.3, -0.25) is 14.4 Å². The van der Waals surface area contributed by atoms with E-state index in [2.05, 4.69) is 16.0 Å². The molecule has 8 nitrogen and oxygen atoms in total. The quantitative estimate of drug-likeness (QED) is 0.357. The van der Waals surface area contributed by atoms with Crippen molar-refractivity contribution in [1.82, 2.24) is 16.0 Å². The van der Waals surface area contributed by atoms with E-state index in [-0.39, 0.29) is 5.92 Å². The third-order valence-electron chi connectivity index (χ3n) is 6.48. The molecule has 40 heavy (non-hydrogen) atoms. The van der Waals surface area contributed by atoms with E-state index < -0.39 is 42.0 Å².